The number of hydrogen-bond acceptors (Lipinski definition) is 3. The first-order chi connectivity index (χ1) is 7.79. The average Bonchev–Trinajstić information content (AvgIpc) is 2.80. The lowest BCUT2D eigenvalue weighted by molar-refractivity contribution is 0.615. The van der Waals surface area contributed by atoms with E-state index in [4.69, 9.17) is 5.26 Å². The van der Waals surface area contributed by atoms with Crippen LogP contribution in [0.25, 0.3) is 0 Å². The van der Waals surface area contributed by atoms with Crippen LogP contribution < -0.4 is 10.6 Å². The van der Waals surface area contributed by atoms with Crippen LogP contribution in [0, 0.1) is 17.2 Å². The van der Waals surface area contributed by atoms with Gasteiger partial charge in [0.25, 0.3) is 0 Å². The Morgan fingerprint density at radius 1 is 1.56 bits per heavy atom. The molecule has 0 aromatic heterocycles. The fourth-order valence-corrected chi connectivity index (χ4v) is 2.27. The van der Waals surface area contributed by atoms with Crippen molar-refractivity contribution in [1.29, 1.82) is 5.26 Å². The molecule has 2 rings (SSSR count). The molecule has 1 aromatic rings. The number of nitriles is 1. The standard InChI is InChI=1S/C12H14BrN3/c13-11-1-2-12(10(5-11)6-14)16-8-9-3-4-15-7-9/h1-2,5,9,15-16H,3-4,7-8H2. The molecule has 1 saturated heterocycles. The van der Waals surface area contributed by atoms with Crippen molar-refractivity contribution in [2.75, 3.05) is 25.0 Å². The molecular formula is C12H14BrN3. The van der Waals surface area contributed by atoms with Crippen LogP contribution in [0.3, 0.4) is 0 Å². The van der Waals surface area contributed by atoms with Gasteiger partial charge in [-0.25, -0.2) is 0 Å². The van der Waals surface area contributed by atoms with E-state index in [1.807, 2.05) is 18.2 Å². The molecule has 0 spiro atoms. The van der Waals surface area contributed by atoms with Crippen LogP contribution in [0.1, 0.15) is 12.0 Å². The highest BCUT2D eigenvalue weighted by Gasteiger charge is 2.14. The third kappa shape index (κ3) is 2.75. The Labute approximate surface area is 104 Å². The average molecular weight is 280 g/mol. The third-order valence-electron chi connectivity index (χ3n) is 2.85. The minimum absolute atomic E-state index is 0.676. The molecule has 1 atom stereocenters. The first-order valence-electron chi connectivity index (χ1n) is 5.44. The predicted molar refractivity (Wildman–Crippen MR) is 68.3 cm³/mol. The van der Waals surface area contributed by atoms with Gasteiger partial charge in [-0.05, 0) is 43.6 Å². The van der Waals surface area contributed by atoms with Gasteiger partial charge in [0.15, 0.2) is 0 Å². The van der Waals surface area contributed by atoms with Crippen molar-refractivity contribution >= 4 is 21.6 Å². The molecule has 1 fully saturated rings. The van der Waals surface area contributed by atoms with Gasteiger partial charge in [-0.2, -0.15) is 5.26 Å². The van der Waals surface area contributed by atoms with Crippen molar-refractivity contribution in [3.8, 4) is 6.07 Å². The maximum atomic E-state index is 9.01. The van der Waals surface area contributed by atoms with Gasteiger partial charge in [-0.3, -0.25) is 0 Å². The highest BCUT2D eigenvalue weighted by Crippen LogP contribution is 2.21. The Morgan fingerprint density at radius 3 is 3.12 bits per heavy atom. The summed E-state index contributed by atoms with van der Waals surface area (Å²) in [4.78, 5) is 0. The second kappa shape index (κ2) is 5.33. The van der Waals surface area contributed by atoms with Gasteiger partial charge in [-0.1, -0.05) is 15.9 Å². The molecular weight excluding hydrogens is 266 g/mol. The molecule has 3 nitrogen and oxygen atoms in total. The fourth-order valence-electron chi connectivity index (χ4n) is 1.91. The van der Waals surface area contributed by atoms with Crippen LogP contribution in [0.15, 0.2) is 22.7 Å². The van der Waals surface area contributed by atoms with Gasteiger partial charge < -0.3 is 10.6 Å². The molecule has 0 bridgehead atoms. The van der Waals surface area contributed by atoms with E-state index >= 15 is 0 Å². The molecule has 1 aliphatic heterocycles. The molecule has 1 aliphatic rings. The van der Waals surface area contributed by atoms with Crippen LogP contribution in [-0.2, 0) is 0 Å². The van der Waals surface area contributed by atoms with E-state index in [9.17, 15) is 0 Å². The second-order valence-corrected chi connectivity index (χ2v) is 4.96. The summed E-state index contributed by atoms with van der Waals surface area (Å²) in [5.41, 5.74) is 1.62. The lowest BCUT2D eigenvalue weighted by Gasteiger charge is -2.12. The number of rotatable bonds is 3. The molecule has 2 N–H and O–H groups in total. The molecule has 0 radical (unpaired) electrons. The van der Waals surface area contributed by atoms with E-state index in [2.05, 4.69) is 32.6 Å². The number of hydrogen-bond donors (Lipinski definition) is 2. The largest absolute Gasteiger partial charge is 0.384 e. The minimum atomic E-state index is 0.676. The maximum absolute atomic E-state index is 9.01. The topological polar surface area (TPSA) is 47.9 Å². The first-order valence-corrected chi connectivity index (χ1v) is 6.23. The summed E-state index contributed by atoms with van der Waals surface area (Å²) >= 11 is 3.37. The van der Waals surface area contributed by atoms with Crippen molar-refractivity contribution in [3.63, 3.8) is 0 Å². The van der Waals surface area contributed by atoms with E-state index in [0.29, 0.717) is 11.5 Å². The zero-order valence-electron chi connectivity index (χ0n) is 8.96. The zero-order chi connectivity index (χ0) is 11.4. The van der Waals surface area contributed by atoms with Gasteiger partial charge in [0.2, 0.25) is 0 Å². The van der Waals surface area contributed by atoms with E-state index < -0.39 is 0 Å². The van der Waals surface area contributed by atoms with Crippen molar-refractivity contribution in [2.24, 2.45) is 5.92 Å². The summed E-state index contributed by atoms with van der Waals surface area (Å²) in [5, 5.41) is 15.7. The molecule has 0 saturated carbocycles. The fraction of sp³-hybridized carbons (Fsp3) is 0.417. The van der Waals surface area contributed by atoms with Crippen LogP contribution >= 0.6 is 15.9 Å². The Balaban J connectivity index is 2.00. The number of anilines is 1. The quantitative estimate of drug-likeness (QED) is 0.893. The van der Waals surface area contributed by atoms with Gasteiger partial charge >= 0.3 is 0 Å². The lowest BCUT2D eigenvalue weighted by atomic mass is 10.1. The van der Waals surface area contributed by atoms with E-state index in [-0.39, 0.29) is 0 Å². The molecule has 84 valence electrons. The molecule has 1 heterocycles. The number of halogens is 1. The van der Waals surface area contributed by atoms with E-state index in [1.165, 1.54) is 6.42 Å². The molecule has 0 aliphatic carbocycles. The Hall–Kier alpha value is -1.05. The maximum Gasteiger partial charge on any atom is 0.101 e. The van der Waals surface area contributed by atoms with Crippen LogP contribution in [0.4, 0.5) is 5.69 Å². The Kier molecular flexibility index (Phi) is 3.81. The summed E-state index contributed by atoms with van der Waals surface area (Å²) in [6, 6.07) is 7.95. The van der Waals surface area contributed by atoms with Crippen molar-refractivity contribution < 1.29 is 0 Å². The van der Waals surface area contributed by atoms with Crippen molar-refractivity contribution in [3.05, 3.63) is 28.2 Å². The Bertz CT molecular complexity index is 405. The van der Waals surface area contributed by atoms with E-state index in [1.54, 1.807) is 0 Å². The monoisotopic (exact) mass is 279 g/mol. The molecule has 16 heavy (non-hydrogen) atoms. The summed E-state index contributed by atoms with van der Waals surface area (Å²) in [5.74, 6) is 0.676. The Morgan fingerprint density at radius 2 is 2.44 bits per heavy atom. The van der Waals surface area contributed by atoms with Crippen LogP contribution in [0.5, 0.6) is 0 Å². The SMILES string of the molecule is N#Cc1cc(Br)ccc1NCC1CCNC1. The van der Waals surface area contributed by atoms with Crippen molar-refractivity contribution in [1.82, 2.24) is 5.32 Å². The van der Waals surface area contributed by atoms with Crippen LogP contribution in [-0.4, -0.2) is 19.6 Å². The smallest absolute Gasteiger partial charge is 0.101 e. The predicted octanol–water partition coefficient (Wildman–Crippen LogP) is 2.34. The van der Waals surface area contributed by atoms with E-state index in [0.717, 1.165) is 29.8 Å². The summed E-state index contributed by atoms with van der Waals surface area (Å²) in [6.07, 6.45) is 1.21. The van der Waals surface area contributed by atoms with Crippen molar-refractivity contribution in [2.45, 2.75) is 6.42 Å². The summed E-state index contributed by atoms with van der Waals surface area (Å²) in [7, 11) is 0. The summed E-state index contributed by atoms with van der Waals surface area (Å²) < 4.78 is 0.942. The molecule has 4 heteroatoms. The minimum Gasteiger partial charge on any atom is -0.384 e. The summed E-state index contributed by atoms with van der Waals surface area (Å²) in [6.45, 7) is 3.12. The zero-order valence-corrected chi connectivity index (χ0v) is 10.5. The lowest BCUT2D eigenvalue weighted by Crippen LogP contribution is -2.17. The van der Waals surface area contributed by atoms with Gasteiger partial charge in [-0.15, -0.1) is 0 Å². The number of benzene rings is 1. The highest BCUT2D eigenvalue weighted by molar-refractivity contribution is 9.10. The molecule has 0 amide bonds. The number of nitrogens with one attached hydrogen (secondary N) is 2. The third-order valence-corrected chi connectivity index (χ3v) is 3.34. The number of nitrogens with zero attached hydrogens (tertiary/aromatic N) is 1. The molecule has 1 aromatic carbocycles. The van der Waals surface area contributed by atoms with Gasteiger partial charge in [0.1, 0.15) is 6.07 Å². The van der Waals surface area contributed by atoms with Crippen LogP contribution in [0.2, 0.25) is 0 Å². The molecule has 1 unspecified atom stereocenters. The first kappa shape index (κ1) is 11.4. The second-order valence-electron chi connectivity index (χ2n) is 4.04. The van der Waals surface area contributed by atoms with Gasteiger partial charge in [0.05, 0.1) is 11.3 Å². The highest BCUT2D eigenvalue weighted by atomic mass is 79.9. The normalized spacial score (nSPS) is 19.4. The van der Waals surface area contributed by atoms with Gasteiger partial charge in [0, 0.05) is 11.0 Å².